The van der Waals surface area contributed by atoms with E-state index in [-0.39, 0.29) is 28.7 Å². The second kappa shape index (κ2) is 7.58. The van der Waals surface area contributed by atoms with Crippen molar-refractivity contribution in [2.75, 3.05) is 6.61 Å². The summed E-state index contributed by atoms with van der Waals surface area (Å²) >= 11 is 0. The normalized spacial score (nSPS) is 15.0. The van der Waals surface area contributed by atoms with E-state index in [1.807, 2.05) is 24.3 Å². The molecule has 0 amide bonds. The van der Waals surface area contributed by atoms with Crippen molar-refractivity contribution >= 4 is 16.7 Å². The van der Waals surface area contributed by atoms with Crippen molar-refractivity contribution in [1.29, 1.82) is 0 Å². The Kier molecular flexibility index (Phi) is 4.99. The molecule has 1 heterocycles. The average molecular weight is 379 g/mol. The molecule has 0 saturated heterocycles. The predicted molar refractivity (Wildman–Crippen MR) is 108 cm³/mol. The second-order valence-corrected chi connectivity index (χ2v) is 7.66. The van der Waals surface area contributed by atoms with Gasteiger partial charge in [0.1, 0.15) is 22.8 Å². The summed E-state index contributed by atoms with van der Waals surface area (Å²) < 4.78 is 7.49. The first-order valence-electron chi connectivity index (χ1n) is 9.84. The van der Waals surface area contributed by atoms with Crippen LogP contribution in [0, 0.1) is 12.8 Å². The van der Waals surface area contributed by atoms with Crippen LogP contribution in [0.1, 0.15) is 48.0 Å². The lowest BCUT2D eigenvalue weighted by Gasteiger charge is -2.23. The summed E-state index contributed by atoms with van der Waals surface area (Å²) in [7, 11) is 0. The van der Waals surface area contributed by atoms with E-state index in [2.05, 4.69) is 0 Å². The lowest BCUT2D eigenvalue weighted by molar-refractivity contribution is 0.0951. The standard InChI is InChI=1S/C23H25NO4/c1-15-19(25)11-20(26)21(22(15)28-14-16-7-3-2-4-8-16)23(27)24-12-17-9-5-6-10-18(17)13-24/h5-6,9-13,16,25-26H,2-4,7-8,14H2,1H3. The third-order valence-corrected chi connectivity index (χ3v) is 5.67. The van der Waals surface area contributed by atoms with E-state index in [0.717, 1.165) is 23.6 Å². The van der Waals surface area contributed by atoms with Crippen molar-refractivity contribution < 1.29 is 19.7 Å². The minimum atomic E-state index is -0.379. The van der Waals surface area contributed by atoms with Crippen molar-refractivity contribution in [3.05, 3.63) is 53.9 Å². The number of fused-ring (bicyclic) bond motifs is 1. The van der Waals surface area contributed by atoms with Crippen LogP contribution in [0.5, 0.6) is 17.2 Å². The number of hydrogen-bond acceptors (Lipinski definition) is 4. The molecule has 2 aromatic carbocycles. The third kappa shape index (κ3) is 3.44. The van der Waals surface area contributed by atoms with E-state index in [1.54, 1.807) is 19.3 Å². The fraction of sp³-hybridized carbons (Fsp3) is 0.348. The molecule has 1 aliphatic rings. The van der Waals surface area contributed by atoms with Gasteiger partial charge in [-0.25, -0.2) is 0 Å². The van der Waals surface area contributed by atoms with E-state index in [9.17, 15) is 15.0 Å². The molecule has 5 nitrogen and oxygen atoms in total. The highest BCUT2D eigenvalue weighted by atomic mass is 16.5. The number of carbonyl (C=O) groups is 1. The van der Waals surface area contributed by atoms with Crippen LogP contribution in [-0.4, -0.2) is 27.3 Å². The minimum absolute atomic E-state index is 0.0784. The number of aromatic nitrogens is 1. The minimum Gasteiger partial charge on any atom is -0.507 e. The molecule has 4 rings (SSSR count). The number of benzene rings is 2. The molecule has 146 valence electrons. The number of phenols is 2. The smallest absolute Gasteiger partial charge is 0.269 e. The summed E-state index contributed by atoms with van der Waals surface area (Å²) in [5.74, 6) is -0.0223. The Bertz CT molecular complexity index is 982. The van der Waals surface area contributed by atoms with Crippen LogP contribution in [0.15, 0.2) is 42.7 Å². The number of carbonyl (C=O) groups excluding carboxylic acids is 1. The maximum absolute atomic E-state index is 13.2. The summed E-state index contributed by atoms with van der Waals surface area (Å²) in [4.78, 5) is 13.2. The molecule has 1 aliphatic carbocycles. The van der Waals surface area contributed by atoms with Gasteiger partial charge in [-0.1, -0.05) is 43.5 Å². The van der Waals surface area contributed by atoms with Crippen LogP contribution in [-0.2, 0) is 0 Å². The maximum atomic E-state index is 13.2. The molecule has 2 N–H and O–H groups in total. The van der Waals surface area contributed by atoms with Crippen molar-refractivity contribution in [2.24, 2.45) is 5.92 Å². The molecule has 0 bridgehead atoms. The van der Waals surface area contributed by atoms with E-state index in [4.69, 9.17) is 4.74 Å². The first-order valence-corrected chi connectivity index (χ1v) is 9.84. The van der Waals surface area contributed by atoms with Gasteiger partial charge < -0.3 is 14.9 Å². The monoisotopic (exact) mass is 379 g/mol. The topological polar surface area (TPSA) is 71.7 Å². The molecule has 0 radical (unpaired) electrons. The van der Waals surface area contributed by atoms with E-state index in [1.165, 1.54) is 29.9 Å². The average Bonchev–Trinajstić information content (AvgIpc) is 3.14. The van der Waals surface area contributed by atoms with Crippen molar-refractivity contribution in [2.45, 2.75) is 39.0 Å². The van der Waals surface area contributed by atoms with Gasteiger partial charge in [0.2, 0.25) is 0 Å². The number of ether oxygens (including phenoxy) is 1. The van der Waals surface area contributed by atoms with Crippen LogP contribution < -0.4 is 4.74 Å². The highest BCUT2D eigenvalue weighted by Crippen LogP contribution is 2.39. The summed E-state index contributed by atoms with van der Waals surface area (Å²) in [5, 5.41) is 22.5. The predicted octanol–water partition coefficient (Wildman–Crippen LogP) is 5.01. The largest absolute Gasteiger partial charge is 0.507 e. The molecule has 3 aromatic rings. The highest BCUT2D eigenvalue weighted by molar-refractivity contribution is 6.03. The molecule has 5 heteroatoms. The van der Waals surface area contributed by atoms with Gasteiger partial charge in [0.05, 0.1) is 6.61 Å². The van der Waals surface area contributed by atoms with Gasteiger partial charge in [-0.3, -0.25) is 9.36 Å². The Labute approximate surface area is 164 Å². The molecule has 28 heavy (non-hydrogen) atoms. The fourth-order valence-electron chi connectivity index (χ4n) is 4.00. The van der Waals surface area contributed by atoms with Crippen LogP contribution in [0.2, 0.25) is 0 Å². The van der Waals surface area contributed by atoms with Gasteiger partial charge in [-0.15, -0.1) is 0 Å². The maximum Gasteiger partial charge on any atom is 0.269 e. The molecule has 0 spiro atoms. The van der Waals surface area contributed by atoms with Crippen LogP contribution in [0.4, 0.5) is 0 Å². The lowest BCUT2D eigenvalue weighted by atomic mass is 9.90. The van der Waals surface area contributed by atoms with Gasteiger partial charge >= 0.3 is 0 Å². The van der Waals surface area contributed by atoms with Crippen molar-refractivity contribution in [3.8, 4) is 17.2 Å². The summed E-state index contributed by atoms with van der Waals surface area (Å²) in [6, 6.07) is 8.90. The van der Waals surface area contributed by atoms with Gasteiger partial charge in [-0.2, -0.15) is 0 Å². The molecule has 1 fully saturated rings. The van der Waals surface area contributed by atoms with Gasteiger partial charge in [0, 0.05) is 24.0 Å². The summed E-state index contributed by atoms with van der Waals surface area (Å²) in [5.41, 5.74) is 0.556. The van der Waals surface area contributed by atoms with E-state index < -0.39 is 0 Å². The number of nitrogens with zero attached hydrogens (tertiary/aromatic N) is 1. The Morgan fingerprint density at radius 3 is 2.36 bits per heavy atom. The Balaban J connectivity index is 1.70. The quantitative estimate of drug-likeness (QED) is 0.668. The fourth-order valence-corrected chi connectivity index (χ4v) is 4.00. The van der Waals surface area contributed by atoms with Crippen LogP contribution in [0.3, 0.4) is 0 Å². The van der Waals surface area contributed by atoms with E-state index >= 15 is 0 Å². The van der Waals surface area contributed by atoms with Crippen molar-refractivity contribution in [3.63, 3.8) is 0 Å². The molecular formula is C23H25NO4. The number of phenolic OH excluding ortho intramolecular Hbond substituents is 2. The Morgan fingerprint density at radius 1 is 1.07 bits per heavy atom. The lowest BCUT2D eigenvalue weighted by Crippen LogP contribution is -2.18. The van der Waals surface area contributed by atoms with Gasteiger partial charge in [0.25, 0.3) is 5.91 Å². The van der Waals surface area contributed by atoms with Crippen molar-refractivity contribution in [1.82, 2.24) is 4.57 Å². The molecule has 0 aliphatic heterocycles. The van der Waals surface area contributed by atoms with Gasteiger partial charge in [0.15, 0.2) is 0 Å². The molecule has 0 unspecified atom stereocenters. The second-order valence-electron chi connectivity index (χ2n) is 7.66. The zero-order valence-corrected chi connectivity index (χ0v) is 16.0. The van der Waals surface area contributed by atoms with Gasteiger partial charge in [-0.05, 0) is 36.5 Å². The van der Waals surface area contributed by atoms with Crippen LogP contribution in [0.25, 0.3) is 10.8 Å². The number of hydrogen-bond donors (Lipinski definition) is 2. The number of aromatic hydroxyl groups is 2. The first-order chi connectivity index (χ1) is 13.5. The molecule has 1 aromatic heterocycles. The summed E-state index contributed by atoms with van der Waals surface area (Å²) in [6.07, 6.45) is 9.34. The van der Waals surface area contributed by atoms with E-state index in [0.29, 0.717) is 18.1 Å². The third-order valence-electron chi connectivity index (χ3n) is 5.67. The number of rotatable bonds is 4. The zero-order valence-electron chi connectivity index (χ0n) is 16.0. The Morgan fingerprint density at radius 2 is 1.71 bits per heavy atom. The molecule has 0 atom stereocenters. The summed E-state index contributed by atoms with van der Waals surface area (Å²) in [6.45, 7) is 2.19. The van der Waals surface area contributed by atoms with Crippen LogP contribution >= 0.6 is 0 Å². The Hall–Kier alpha value is -2.95. The zero-order chi connectivity index (χ0) is 19.7. The highest BCUT2D eigenvalue weighted by Gasteiger charge is 2.25. The molecular weight excluding hydrogens is 354 g/mol. The SMILES string of the molecule is Cc1c(O)cc(O)c(C(=O)n2cc3ccccc3c2)c1OCC1CCCCC1. The first kappa shape index (κ1) is 18.4. The molecule has 1 saturated carbocycles.